The van der Waals surface area contributed by atoms with E-state index in [2.05, 4.69) is 5.32 Å². The van der Waals surface area contributed by atoms with E-state index >= 15 is 0 Å². The van der Waals surface area contributed by atoms with Gasteiger partial charge in [-0.3, -0.25) is 4.79 Å². The molecule has 0 atom stereocenters. The molecule has 1 aliphatic heterocycles. The molecule has 3 nitrogen and oxygen atoms in total. The summed E-state index contributed by atoms with van der Waals surface area (Å²) in [5.41, 5.74) is 1.22. The highest BCUT2D eigenvalue weighted by molar-refractivity contribution is 6.30. The number of nitrogens with one attached hydrogen (secondary N) is 1. The number of hydrogen-bond donors (Lipinski definition) is 1. The van der Waals surface area contributed by atoms with Gasteiger partial charge in [0.1, 0.15) is 0 Å². The van der Waals surface area contributed by atoms with Crippen molar-refractivity contribution in [1.29, 1.82) is 0 Å². The van der Waals surface area contributed by atoms with E-state index in [0.29, 0.717) is 6.42 Å². The van der Waals surface area contributed by atoms with Crippen LogP contribution in [0.2, 0.25) is 5.02 Å². The summed E-state index contributed by atoms with van der Waals surface area (Å²) in [6.45, 7) is 3.30. The fourth-order valence-corrected chi connectivity index (χ4v) is 2.09. The van der Waals surface area contributed by atoms with Crippen LogP contribution < -0.4 is 5.32 Å². The Morgan fingerprint density at radius 2 is 2.00 bits per heavy atom. The third-order valence-corrected chi connectivity index (χ3v) is 3.26. The molecule has 2 rings (SSSR count). The highest BCUT2D eigenvalue weighted by Crippen LogP contribution is 2.10. The molecule has 1 heterocycles. The molecule has 0 aromatic heterocycles. The molecule has 4 heteroatoms. The van der Waals surface area contributed by atoms with E-state index in [1.165, 1.54) is 5.56 Å². The van der Waals surface area contributed by atoms with Gasteiger partial charge in [0.25, 0.3) is 0 Å². The van der Waals surface area contributed by atoms with Crippen LogP contribution in [-0.2, 0) is 11.2 Å². The number of benzene rings is 1. The van der Waals surface area contributed by atoms with Crippen LogP contribution in [-0.4, -0.2) is 37.0 Å². The van der Waals surface area contributed by atoms with Gasteiger partial charge >= 0.3 is 0 Å². The van der Waals surface area contributed by atoms with E-state index in [4.69, 9.17) is 11.6 Å². The zero-order valence-corrected chi connectivity index (χ0v) is 10.5. The maximum atomic E-state index is 11.8. The molecule has 1 saturated heterocycles. The Kier molecular flexibility index (Phi) is 4.40. The Balaban J connectivity index is 1.88. The SMILES string of the molecule is O=C1CCNCCN1CCc1ccc(Cl)cc1. The van der Waals surface area contributed by atoms with Crippen molar-refractivity contribution in [1.82, 2.24) is 10.2 Å². The van der Waals surface area contributed by atoms with Gasteiger partial charge in [-0.2, -0.15) is 0 Å². The second kappa shape index (κ2) is 6.03. The fourth-order valence-electron chi connectivity index (χ4n) is 1.97. The predicted octanol–water partition coefficient (Wildman–Crippen LogP) is 1.70. The minimum atomic E-state index is 0.254. The van der Waals surface area contributed by atoms with Gasteiger partial charge in [-0.15, -0.1) is 0 Å². The molecule has 0 radical (unpaired) electrons. The first kappa shape index (κ1) is 12.4. The maximum absolute atomic E-state index is 11.8. The number of rotatable bonds is 3. The molecule has 1 N–H and O–H groups in total. The first-order valence-corrected chi connectivity index (χ1v) is 6.36. The summed E-state index contributed by atoms with van der Waals surface area (Å²) >= 11 is 5.83. The monoisotopic (exact) mass is 252 g/mol. The van der Waals surface area contributed by atoms with Gasteiger partial charge in [-0.1, -0.05) is 23.7 Å². The van der Waals surface area contributed by atoms with Crippen LogP contribution in [0.3, 0.4) is 0 Å². The Morgan fingerprint density at radius 3 is 2.76 bits per heavy atom. The van der Waals surface area contributed by atoms with Crippen LogP contribution in [0.4, 0.5) is 0 Å². The van der Waals surface area contributed by atoms with E-state index in [1.54, 1.807) is 0 Å². The Bertz CT molecular complexity index is 378. The lowest BCUT2D eigenvalue weighted by atomic mass is 10.1. The molecular formula is C13H17ClN2O. The van der Waals surface area contributed by atoms with Crippen molar-refractivity contribution in [3.8, 4) is 0 Å². The summed E-state index contributed by atoms with van der Waals surface area (Å²) in [6.07, 6.45) is 1.50. The van der Waals surface area contributed by atoms with E-state index in [1.807, 2.05) is 29.2 Å². The minimum absolute atomic E-state index is 0.254. The zero-order valence-electron chi connectivity index (χ0n) is 9.79. The lowest BCUT2D eigenvalue weighted by molar-refractivity contribution is -0.130. The number of hydrogen-bond acceptors (Lipinski definition) is 2. The Morgan fingerprint density at radius 1 is 1.24 bits per heavy atom. The second-order valence-corrected chi connectivity index (χ2v) is 4.69. The summed E-state index contributed by atoms with van der Waals surface area (Å²) in [7, 11) is 0. The van der Waals surface area contributed by atoms with E-state index in [0.717, 1.165) is 37.6 Å². The van der Waals surface area contributed by atoms with E-state index < -0.39 is 0 Å². The third kappa shape index (κ3) is 3.72. The zero-order chi connectivity index (χ0) is 12.1. The molecule has 0 aliphatic carbocycles. The highest BCUT2D eigenvalue weighted by Gasteiger charge is 2.15. The van der Waals surface area contributed by atoms with Gasteiger partial charge in [0.05, 0.1) is 0 Å². The quantitative estimate of drug-likeness (QED) is 0.888. The molecule has 1 fully saturated rings. The molecule has 92 valence electrons. The normalized spacial score (nSPS) is 17.0. The second-order valence-electron chi connectivity index (χ2n) is 4.26. The van der Waals surface area contributed by atoms with Gasteiger partial charge in [0.15, 0.2) is 0 Å². The fraction of sp³-hybridized carbons (Fsp3) is 0.462. The lowest BCUT2D eigenvalue weighted by Crippen LogP contribution is -2.34. The lowest BCUT2D eigenvalue weighted by Gasteiger charge is -2.20. The molecule has 1 aromatic rings. The van der Waals surface area contributed by atoms with Crippen LogP contribution in [0, 0.1) is 0 Å². The van der Waals surface area contributed by atoms with Crippen molar-refractivity contribution in [2.24, 2.45) is 0 Å². The minimum Gasteiger partial charge on any atom is -0.341 e. The third-order valence-electron chi connectivity index (χ3n) is 3.01. The number of carbonyl (C=O) groups excluding carboxylic acids is 1. The Labute approximate surface area is 107 Å². The first-order valence-electron chi connectivity index (χ1n) is 5.98. The average Bonchev–Trinajstić information content (AvgIpc) is 2.54. The number of halogens is 1. The highest BCUT2D eigenvalue weighted by atomic mass is 35.5. The van der Waals surface area contributed by atoms with E-state index in [9.17, 15) is 4.79 Å². The number of amides is 1. The average molecular weight is 253 g/mol. The number of carbonyl (C=O) groups is 1. The molecule has 1 amide bonds. The predicted molar refractivity (Wildman–Crippen MR) is 69.2 cm³/mol. The van der Waals surface area contributed by atoms with Crippen molar-refractivity contribution in [3.63, 3.8) is 0 Å². The van der Waals surface area contributed by atoms with Crippen LogP contribution in [0.1, 0.15) is 12.0 Å². The largest absolute Gasteiger partial charge is 0.341 e. The summed E-state index contributed by atoms with van der Waals surface area (Å²) in [5, 5.41) is 3.99. The van der Waals surface area contributed by atoms with Gasteiger partial charge in [-0.25, -0.2) is 0 Å². The van der Waals surface area contributed by atoms with E-state index in [-0.39, 0.29) is 5.91 Å². The van der Waals surface area contributed by atoms with Crippen molar-refractivity contribution in [2.45, 2.75) is 12.8 Å². The van der Waals surface area contributed by atoms with Gasteiger partial charge < -0.3 is 10.2 Å². The van der Waals surface area contributed by atoms with Gasteiger partial charge in [0.2, 0.25) is 5.91 Å². The molecule has 1 aromatic carbocycles. The first-order chi connectivity index (χ1) is 8.25. The topological polar surface area (TPSA) is 32.3 Å². The van der Waals surface area contributed by atoms with Crippen molar-refractivity contribution in [3.05, 3.63) is 34.9 Å². The molecule has 0 spiro atoms. The van der Waals surface area contributed by atoms with Crippen molar-refractivity contribution in [2.75, 3.05) is 26.2 Å². The standard InChI is InChI=1S/C13H17ClN2O/c14-12-3-1-11(2-4-12)6-9-16-10-8-15-7-5-13(16)17/h1-4,15H,5-10H2. The summed E-state index contributed by atoms with van der Waals surface area (Å²) in [4.78, 5) is 13.7. The summed E-state index contributed by atoms with van der Waals surface area (Å²) in [6, 6.07) is 7.82. The number of nitrogens with zero attached hydrogens (tertiary/aromatic N) is 1. The maximum Gasteiger partial charge on any atom is 0.223 e. The van der Waals surface area contributed by atoms with Crippen LogP contribution >= 0.6 is 11.6 Å². The van der Waals surface area contributed by atoms with Crippen LogP contribution in [0.5, 0.6) is 0 Å². The van der Waals surface area contributed by atoms with Gasteiger partial charge in [-0.05, 0) is 24.1 Å². The van der Waals surface area contributed by atoms with Crippen molar-refractivity contribution >= 4 is 17.5 Å². The van der Waals surface area contributed by atoms with Gasteiger partial charge in [0, 0.05) is 37.6 Å². The summed E-state index contributed by atoms with van der Waals surface area (Å²) < 4.78 is 0. The Hall–Kier alpha value is -1.06. The molecular weight excluding hydrogens is 236 g/mol. The molecule has 0 unspecified atom stereocenters. The molecule has 0 bridgehead atoms. The molecule has 17 heavy (non-hydrogen) atoms. The van der Waals surface area contributed by atoms with Crippen LogP contribution in [0.25, 0.3) is 0 Å². The molecule has 1 aliphatic rings. The smallest absolute Gasteiger partial charge is 0.223 e. The van der Waals surface area contributed by atoms with Crippen molar-refractivity contribution < 1.29 is 4.79 Å². The molecule has 0 saturated carbocycles. The van der Waals surface area contributed by atoms with Crippen LogP contribution in [0.15, 0.2) is 24.3 Å². The summed E-state index contributed by atoms with van der Waals surface area (Å²) in [5.74, 6) is 0.254.